The second-order valence-electron chi connectivity index (χ2n) is 4.25. The second-order valence-corrected chi connectivity index (χ2v) is 4.25. The summed E-state index contributed by atoms with van der Waals surface area (Å²) in [6, 6.07) is 8.51. The molecule has 94 valence electrons. The second kappa shape index (κ2) is 5.51. The van der Waals surface area contributed by atoms with Crippen molar-refractivity contribution >= 4 is 0 Å². The number of aromatic nitrogens is 1. The van der Waals surface area contributed by atoms with Gasteiger partial charge in [-0.05, 0) is 36.2 Å². The summed E-state index contributed by atoms with van der Waals surface area (Å²) in [5.41, 5.74) is 1.94. The largest absolute Gasteiger partial charge is 0.508 e. The first-order valence-corrected chi connectivity index (χ1v) is 5.80. The van der Waals surface area contributed by atoms with Crippen molar-refractivity contribution < 1.29 is 10.2 Å². The zero-order chi connectivity index (χ0) is 13.0. The lowest BCUT2D eigenvalue weighted by atomic mass is 10.1. The van der Waals surface area contributed by atoms with Crippen LogP contribution in [-0.4, -0.2) is 15.2 Å². The molecule has 0 saturated carbocycles. The summed E-state index contributed by atoms with van der Waals surface area (Å²) in [5.74, 6) is 0.139. The average Bonchev–Trinajstić information content (AvgIpc) is 2.36. The third-order valence-corrected chi connectivity index (χ3v) is 2.76. The maximum absolute atomic E-state index is 9.43. The highest BCUT2D eigenvalue weighted by atomic mass is 16.3. The standard InChI is InChI=1S/C14H16N2O2/c1-10(12-5-13(17)7-14(18)6-12)16-9-11-3-2-4-15-8-11/h2-8,10,16-18H,9H2,1H3. The predicted molar refractivity (Wildman–Crippen MR) is 69.3 cm³/mol. The highest BCUT2D eigenvalue weighted by Crippen LogP contribution is 2.24. The molecule has 18 heavy (non-hydrogen) atoms. The van der Waals surface area contributed by atoms with Crippen LogP contribution in [-0.2, 0) is 6.54 Å². The van der Waals surface area contributed by atoms with E-state index in [-0.39, 0.29) is 17.5 Å². The number of phenolic OH excluding ortho intramolecular Hbond substituents is 2. The molecule has 1 unspecified atom stereocenters. The number of hydrogen-bond acceptors (Lipinski definition) is 4. The Kier molecular flexibility index (Phi) is 3.79. The van der Waals surface area contributed by atoms with Gasteiger partial charge in [-0.3, -0.25) is 4.98 Å². The summed E-state index contributed by atoms with van der Waals surface area (Å²) in [7, 11) is 0. The van der Waals surface area contributed by atoms with Crippen LogP contribution >= 0.6 is 0 Å². The highest BCUT2D eigenvalue weighted by molar-refractivity contribution is 5.37. The minimum Gasteiger partial charge on any atom is -0.508 e. The monoisotopic (exact) mass is 244 g/mol. The summed E-state index contributed by atoms with van der Waals surface area (Å²) in [6.07, 6.45) is 3.54. The Labute approximate surface area is 106 Å². The van der Waals surface area contributed by atoms with Crippen LogP contribution in [0.2, 0.25) is 0 Å². The molecule has 4 heteroatoms. The summed E-state index contributed by atoms with van der Waals surface area (Å²) < 4.78 is 0. The number of hydrogen-bond donors (Lipinski definition) is 3. The smallest absolute Gasteiger partial charge is 0.119 e. The van der Waals surface area contributed by atoms with Gasteiger partial charge in [0.1, 0.15) is 11.5 Å². The highest BCUT2D eigenvalue weighted by Gasteiger charge is 2.07. The van der Waals surface area contributed by atoms with E-state index in [1.165, 1.54) is 6.07 Å². The molecular weight excluding hydrogens is 228 g/mol. The first-order chi connectivity index (χ1) is 8.65. The number of aromatic hydroxyl groups is 2. The molecule has 1 aromatic heterocycles. The molecule has 0 amide bonds. The molecular formula is C14H16N2O2. The van der Waals surface area contributed by atoms with Crippen LogP contribution < -0.4 is 5.32 Å². The van der Waals surface area contributed by atoms with Gasteiger partial charge in [-0.15, -0.1) is 0 Å². The molecule has 2 rings (SSSR count). The van der Waals surface area contributed by atoms with Crippen molar-refractivity contribution in [3.05, 3.63) is 53.9 Å². The van der Waals surface area contributed by atoms with Crippen LogP contribution in [0.15, 0.2) is 42.7 Å². The Balaban J connectivity index is 2.01. The summed E-state index contributed by atoms with van der Waals surface area (Å²) in [4.78, 5) is 4.04. The lowest BCUT2D eigenvalue weighted by Crippen LogP contribution is -2.18. The zero-order valence-electron chi connectivity index (χ0n) is 10.2. The van der Waals surface area contributed by atoms with Crippen LogP contribution in [0.3, 0.4) is 0 Å². The number of nitrogens with one attached hydrogen (secondary N) is 1. The fraction of sp³-hybridized carbons (Fsp3) is 0.214. The molecule has 0 bridgehead atoms. The van der Waals surface area contributed by atoms with Gasteiger partial charge >= 0.3 is 0 Å². The number of rotatable bonds is 4. The van der Waals surface area contributed by atoms with Gasteiger partial charge in [-0.25, -0.2) is 0 Å². The Morgan fingerprint density at radius 3 is 2.56 bits per heavy atom. The third-order valence-electron chi connectivity index (χ3n) is 2.76. The predicted octanol–water partition coefficient (Wildman–Crippen LogP) is 2.34. The average molecular weight is 244 g/mol. The van der Waals surface area contributed by atoms with Gasteiger partial charge in [0, 0.05) is 31.0 Å². The van der Waals surface area contributed by atoms with Crippen molar-refractivity contribution in [1.29, 1.82) is 0 Å². The summed E-state index contributed by atoms with van der Waals surface area (Å²) in [5, 5.41) is 22.2. The Hall–Kier alpha value is -2.07. The van der Waals surface area contributed by atoms with Gasteiger partial charge in [-0.2, -0.15) is 0 Å². The summed E-state index contributed by atoms with van der Waals surface area (Å²) >= 11 is 0. The molecule has 0 radical (unpaired) electrons. The Morgan fingerprint density at radius 2 is 1.94 bits per heavy atom. The molecule has 4 nitrogen and oxygen atoms in total. The van der Waals surface area contributed by atoms with Gasteiger partial charge in [0.05, 0.1) is 0 Å². The van der Waals surface area contributed by atoms with E-state index < -0.39 is 0 Å². The van der Waals surface area contributed by atoms with E-state index in [9.17, 15) is 10.2 Å². The van der Waals surface area contributed by atoms with Crippen LogP contribution in [0, 0.1) is 0 Å². The van der Waals surface area contributed by atoms with Gasteiger partial charge in [-0.1, -0.05) is 6.07 Å². The van der Waals surface area contributed by atoms with Crippen molar-refractivity contribution in [3.8, 4) is 11.5 Å². The zero-order valence-corrected chi connectivity index (χ0v) is 10.2. The lowest BCUT2D eigenvalue weighted by molar-refractivity contribution is 0.446. The van der Waals surface area contributed by atoms with Gasteiger partial charge < -0.3 is 15.5 Å². The van der Waals surface area contributed by atoms with Crippen molar-refractivity contribution in [2.24, 2.45) is 0 Å². The molecule has 3 N–H and O–H groups in total. The minimum atomic E-state index is 0.0307. The topological polar surface area (TPSA) is 65.4 Å². The molecule has 0 aliphatic heterocycles. The SMILES string of the molecule is CC(NCc1cccnc1)c1cc(O)cc(O)c1. The quantitative estimate of drug-likeness (QED) is 0.772. The van der Waals surface area contributed by atoms with Crippen LogP contribution in [0.5, 0.6) is 11.5 Å². The molecule has 0 spiro atoms. The lowest BCUT2D eigenvalue weighted by Gasteiger charge is -2.14. The first-order valence-electron chi connectivity index (χ1n) is 5.80. The first kappa shape index (κ1) is 12.4. The van der Waals surface area contributed by atoms with Crippen LogP contribution in [0.1, 0.15) is 24.1 Å². The van der Waals surface area contributed by atoms with E-state index in [0.717, 1.165) is 11.1 Å². The molecule has 1 aromatic carbocycles. The molecule has 0 aliphatic carbocycles. The number of pyridine rings is 1. The molecule has 2 aromatic rings. The van der Waals surface area contributed by atoms with Crippen LogP contribution in [0.25, 0.3) is 0 Å². The maximum Gasteiger partial charge on any atom is 0.119 e. The van der Waals surface area contributed by atoms with E-state index in [2.05, 4.69) is 10.3 Å². The van der Waals surface area contributed by atoms with E-state index in [1.807, 2.05) is 19.1 Å². The van der Waals surface area contributed by atoms with Gasteiger partial charge in [0.25, 0.3) is 0 Å². The molecule has 0 fully saturated rings. The molecule has 0 saturated heterocycles. The fourth-order valence-electron chi connectivity index (χ4n) is 1.76. The van der Waals surface area contributed by atoms with E-state index in [0.29, 0.717) is 6.54 Å². The van der Waals surface area contributed by atoms with Gasteiger partial charge in [0.15, 0.2) is 0 Å². The normalized spacial score (nSPS) is 12.3. The molecule has 1 heterocycles. The molecule has 1 atom stereocenters. The van der Waals surface area contributed by atoms with Crippen molar-refractivity contribution in [2.45, 2.75) is 19.5 Å². The Morgan fingerprint density at radius 1 is 1.22 bits per heavy atom. The minimum absolute atomic E-state index is 0.0307. The Bertz CT molecular complexity index is 494. The van der Waals surface area contributed by atoms with E-state index in [1.54, 1.807) is 24.5 Å². The van der Waals surface area contributed by atoms with Crippen molar-refractivity contribution in [1.82, 2.24) is 10.3 Å². The van der Waals surface area contributed by atoms with E-state index >= 15 is 0 Å². The van der Waals surface area contributed by atoms with Gasteiger partial charge in [0.2, 0.25) is 0 Å². The van der Waals surface area contributed by atoms with Crippen molar-refractivity contribution in [2.75, 3.05) is 0 Å². The fourth-order valence-corrected chi connectivity index (χ4v) is 1.76. The number of nitrogens with zero attached hydrogens (tertiary/aromatic N) is 1. The van der Waals surface area contributed by atoms with E-state index in [4.69, 9.17) is 0 Å². The third kappa shape index (κ3) is 3.21. The number of benzene rings is 1. The molecule has 0 aliphatic rings. The van der Waals surface area contributed by atoms with Crippen molar-refractivity contribution in [3.63, 3.8) is 0 Å². The van der Waals surface area contributed by atoms with Crippen LogP contribution in [0.4, 0.5) is 0 Å². The summed E-state index contributed by atoms with van der Waals surface area (Å²) in [6.45, 7) is 2.66. The maximum atomic E-state index is 9.43. The number of phenols is 2.